The summed E-state index contributed by atoms with van der Waals surface area (Å²) in [6.07, 6.45) is 1.05. The van der Waals surface area contributed by atoms with Crippen LogP contribution < -0.4 is 10.6 Å². The third-order valence-electron chi connectivity index (χ3n) is 5.05. The second-order valence-corrected chi connectivity index (χ2v) is 7.51. The lowest BCUT2D eigenvalue weighted by Gasteiger charge is -2.12. The third kappa shape index (κ3) is 4.71. The van der Waals surface area contributed by atoms with E-state index in [1.54, 1.807) is 0 Å². The molecule has 0 saturated carbocycles. The van der Waals surface area contributed by atoms with Gasteiger partial charge in [0, 0.05) is 18.7 Å². The topological polar surface area (TPSA) is 76.0 Å². The van der Waals surface area contributed by atoms with Gasteiger partial charge in [0.05, 0.1) is 19.0 Å². The SMILES string of the molecule is Cc1cccc(CC(=O)N[C@H]2Cc3cc(C(=O)NCc4ccccc4)nn3C2)c1. The summed E-state index contributed by atoms with van der Waals surface area (Å²) in [6, 6.07) is 19.6. The van der Waals surface area contributed by atoms with Crippen LogP contribution in [0.15, 0.2) is 60.7 Å². The van der Waals surface area contributed by atoms with Crippen molar-refractivity contribution in [3.63, 3.8) is 0 Å². The zero-order valence-electron chi connectivity index (χ0n) is 16.4. The van der Waals surface area contributed by atoms with E-state index in [-0.39, 0.29) is 17.9 Å². The molecular formula is C23H24N4O2. The standard InChI is InChI=1S/C23H24N4O2/c1-16-6-5-9-18(10-16)11-22(28)25-19-12-20-13-21(26-27(20)15-19)23(29)24-14-17-7-3-2-4-8-17/h2-10,13,19H,11-12,14-15H2,1H3,(H,24,29)(H,25,28)/t19-/m0/s1. The van der Waals surface area contributed by atoms with Gasteiger partial charge in [-0.3, -0.25) is 14.3 Å². The van der Waals surface area contributed by atoms with E-state index in [0.29, 0.717) is 31.6 Å². The van der Waals surface area contributed by atoms with Crippen LogP contribution in [-0.4, -0.2) is 27.6 Å². The molecule has 0 saturated heterocycles. The van der Waals surface area contributed by atoms with Crippen molar-refractivity contribution in [3.05, 3.63) is 88.7 Å². The van der Waals surface area contributed by atoms with Crippen molar-refractivity contribution < 1.29 is 9.59 Å². The fourth-order valence-corrected chi connectivity index (χ4v) is 3.67. The highest BCUT2D eigenvalue weighted by Crippen LogP contribution is 2.16. The minimum absolute atomic E-state index is 0.00665. The first-order valence-corrected chi connectivity index (χ1v) is 9.80. The van der Waals surface area contributed by atoms with Crippen molar-refractivity contribution in [3.8, 4) is 0 Å². The fraction of sp³-hybridized carbons (Fsp3) is 0.261. The van der Waals surface area contributed by atoms with Gasteiger partial charge in [0.15, 0.2) is 0 Å². The number of carbonyl (C=O) groups is 2. The van der Waals surface area contributed by atoms with Crippen LogP contribution in [0.3, 0.4) is 0 Å². The number of hydrogen-bond donors (Lipinski definition) is 2. The minimum atomic E-state index is -0.184. The highest BCUT2D eigenvalue weighted by Gasteiger charge is 2.26. The zero-order chi connectivity index (χ0) is 20.2. The van der Waals surface area contributed by atoms with E-state index in [9.17, 15) is 9.59 Å². The first-order chi connectivity index (χ1) is 14.1. The van der Waals surface area contributed by atoms with E-state index in [1.807, 2.05) is 72.3 Å². The lowest BCUT2D eigenvalue weighted by Crippen LogP contribution is -2.37. The first kappa shape index (κ1) is 18.9. The largest absolute Gasteiger partial charge is 0.351 e. The molecule has 2 amide bonds. The second-order valence-electron chi connectivity index (χ2n) is 7.51. The first-order valence-electron chi connectivity index (χ1n) is 9.80. The maximum atomic E-state index is 12.4. The van der Waals surface area contributed by atoms with E-state index in [0.717, 1.165) is 22.4 Å². The number of fused-ring (bicyclic) bond motifs is 1. The molecule has 2 N–H and O–H groups in total. The normalized spacial score (nSPS) is 15.0. The molecule has 148 valence electrons. The van der Waals surface area contributed by atoms with E-state index >= 15 is 0 Å². The predicted molar refractivity (Wildman–Crippen MR) is 110 cm³/mol. The van der Waals surface area contributed by atoms with Gasteiger partial charge in [-0.15, -0.1) is 0 Å². The Morgan fingerprint density at radius 3 is 2.62 bits per heavy atom. The average Bonchev–Trinajstić information content (AvgIpc) is 3.25. The van der Waals surface area contributed by atoms with Crippen LogP contribution in [0, 0.1) is 6.92 Å². The highest BCUT2D eigenvalue weighted by atomic mass is 16.2. The molecule has 1 aliphatic heterocycles. The molecule has 0 radical (unpaired) electrons. The second kappa shape index (κ2) is 8.31. The Balaban J connectivity index is 1.29. The summed E-state index contributed by atoms with van der Waals surface area (Å²) >= 11 is 0. The van der Waals surface area contributed by atoms with Crippen LogP contribution in [0.25, 0.3) is 0 Å². The Morgan fingerprint density at radius 1 is 1.07 bits per heavy atom. The molecule has 3 aromatic rings. The molecule has 0 spiro atoms. The van der Waals surface area contributed by atoms with Crippen LogP contribution in [0.1, 0.15) is 32.9 Å². The molecule has 4 rings (SSSR count). The van der Waals surface area contributed by atoms with Gasteiger partial charge < -0.3 is 10.6 Å². The van der Waals surface area contributed by atoms with Crippen LogP contribution in [0.2, 0.25) is 0 Å². The Kier molecular flexibility index (Phi) is 5.42. The number of nitrogens with zero attached hydrogens (tertiary/aromatic N) is 2. The maximum absolute atomic E-state index is 12.4. The molecule has 0 unspecified atom stereocenters. The minimum Gasteiger partial charge on any atom is -0.351 e. The molecule has 1 atom stereocenters. The molecule has 1 aromatic heterocycles. The molecule has 29 heavy (non-hydrogen) atoms. The molecule has 0 bridgehead atoms. The summed E-state index contributed by atoms with van der Waals surface area (Å²) in [5.74, 6) is -0.178. The van der Waals surface area contributed by atoms with Gasteiger partial charge in [-0.05, 0) is 24.1 Å². The highest BCUT2D eigenvalue weighted by molar-refractivity contribution is 5.92. The van der Waals surface area contributed by atoms with E-state index in [4.69, 9.17) is 0 Å². The Labute approximate surface area is 169 Å². The van der Waals surface area contributed by atoms with E-state index < -0.39 is 0 Å². The summed E-state index contributed by atoms with van der Waals surface area (Å²) in [5.41, 5.74) is 4.59. The zero-order valence-corrected chi connectivity index (χ0v) is 16.4. The Bertz CT molecular complexity index is 1000. The lowest BCUT2D eigenvalue weighted by atomic mass is 10.1. The van der Waals surface area contributed by atoms with Crippen molar-refractivity contribution >= 4 is 11.8 Å². The maximum Gasteiger partial charge on any atom is 0.272 e. The fourth-order valence-electron chi connectivity index (χ4n) is 3.67. The molecule has 6 heteroatoms. The molecule has 2 heterocycles. The smallest absolute Gasteiger partial charge is 0.272 e. The monoisotopic (exact) mass is 388 g/mol. The van der Waals surface area contributed by atoms with Crippen molar-refractivity contribution in [2.24, 2.45) is 0 Å². The number of carbonyl (C=O) groups excluding carboxylic acids is 2. The summed E-state index contributed by atoms with van der Waals surface area (Å²) in [7, 11) is 0. The van der Waals surface area contributed by atoms with E-state index in [1.165, 1.54) is 0 Å². The lowest BCUT2D eigenvalue weighted by molar-refractivity contribution is -0.121. The van der Waals surface area contributed by atoms with Crippen molar-refractivity contribution in [2.75, 3.05) is 0 Å². The van der Waals surface area contributed by atoms with Gasteiger partial charge in [0.25, 0.3) is 5.91 Å². The summed E-state index contributed by atoms with van der Waals surface area (Å²) in [4.78, 5) is 24.7. The summed E-state index contributed by atoms with van der Waals surface area (Å²) in [5, 5.41) is 10.4. The molecular weight excluding hydrogens is 364 g/mol. The van der Waals surface area contributed by atoms with E-state index in [2.05, 4.69) is 15.7 Å². The van der Waals surface area contributed by atoms with Crippen LogP contribution in [0.5, 0.6) is 0 Å². The third-order valence-corrected chi connectivity index (χ3v) is 5.05. The number of benzene rings is 2. The van der Waals surface area contributed by atoms with Crippen LogP contribution in [0.4, 0.5) is 0 Å². The number of hydrogen-bond acceptors (Lipinski definition) is 3. The molecule has 0 fully saturated rings. The van der Waals surface area contributed by atoms with Gasteiger partial charge in [-0.2, -0.15) is 5.10 Å². The van der Waals surface area contributed by atoms with Crippen molar-refractivity contribution in [1.82, 2.24) is 20.4 Å². The van der Waals surface area contributed by atoms with Gasteiger partial charge in [-0.25, -0.2) is 0 Å². The number of aromatic nitrogens is 2. The van der Waals surface area contributed by atoms with Crippen LogP contribution >= 0.6 is 0 Å². The van der Waals surface area contributed by atoms with Crippen LogP contribution in [-0.2, 0) is 30.7 Å². The molecule has 1 aliphatic rings. The van der Waals surface area contributed by atoms with Gasteiger partial charge >= 0.3 is 0 Å². The summed E-state index contributed by atoms with van der Waals surface area (Å²) < 4.78 is 1.81. The summed E-state index contributed by atoms with van der Waals surface area (Å²) in [6.45, 7) is 3.07. The number of rotatable bonds is 6. The molecule has 0 aliphatic carbocycles. The predicted octanol–water partition coefficient (Wildman–Crippen LogP) is 2.41. The average molecular weight is 388 g/mol. The molecule has 2 aromatic carbocycles. The van der Waals surface area contributed by atoms with Crippen molar-refractivity contribution in [2.45, 2.75) is 38.9 Å². The van der Waals surface area contributed by atoms with Gasteiger partial charge in [0.2, 0.25) is 5.91 Å². The van der Waals surface area contributed by atoms with Gasteiger partial charge in [-0.1, -0.05) is 60.2 Å². The number of nitrogens with one attached hydrogen (secondary N) is 2. The quantitative estimate of drug-likeness (QED) is 0.681. The Hall–Kier alpha value is -3.41. The molecule has 6 nitrogen and oxygen atoms in total. The van der Waals surface area contributed by atoms with Crippen molar-refractivity contribution in [1.29, 1.82) is 0 Å². The van der Waals surface area contributed by atoms with Gasteiger partial charge in [0.1, 0.15) is 5.69 Å². The Morgan fingerprint density at radius 2 is 1.86 bits per heavy atom. The number of aryl methyl sites for hydroxylation is 1. The number of amides is 2.